The molecule has 0 aliphatic rings. The smallest absolute Gasteiger partial charge is 0.341 e. The summed E-state index contributed by atoms with van der Waals surface area (Å²) in [4.78, 5) is 16.2. The van der Waals surface area contributed by atoms with Crippen LogP contribution in [0.25, 0.3) is 11.0 Å². The monoisotopic (exact) mass is 416 g/mol. The van der Waals surface area contributed by atoms with Gasteiger partial charge in [-0.3, -0.25) is 0 Å². The second-order valence-corrected chi connectivity index (χ2v) is 6.90. The van der Waals surface area contributed by atoms with Gasteiger partial charge in [-0.2, -0.15) is 0 Å². The van der Waals surface area contributed by atoms with E-state index in [-0.39, 0.29) is 24.3 Å². The number of hydrogen-bond donors (Lipinski definition) is 0. The van der Waals surface area contributed by atoms with Crippen LogP contribution in [-0.4, -0.2) is 9.55 Å². The summed E-state index contributed by atoms with van der Waals surface area (Å²) < 4.78 is 40.5. The minimum absolute atomic E-state index is 0.124. The Hall–Kier alpha value is -3.03. The van der Waals surface area contributed by atoms with Crippen LogP contribution in [0.3, 0.4) is 0 Å². The lowest BCUT2D eigenvalue weighted by Gasteiger charge is -2.19. The fourth-order valence-electron chi connectivity index (χ4n) is 3.02. The van der Waals surface area contributed by atoms with E-state index in [0.717, 1.165) is 12.1 Å². The van der Waals surface area contributed by atoms with Gasteiger partial charge >= 0.3 is 5.63 Å². The van der Waals surface area contributed by atoms with E-state index in [1.807, 2.05) is 0 Å². The minimum atomic E-state index is -0.778. The van der Waals surface area contributed by atoms with Crippen molar-refractivity contribution >= 4 is 22.6 Å². The average molecular weight is 417 g/mol. The zero-order chi connectivity index (χ0) is 20.4. The summed E-state index contributed by atoms with van der Waals surface area (Å²) in [5.74, 6) is -1.41. The minimum Gasteiger partial charge on any atom is -0.422 e. The Bertz CT molecular complexity index is 1210. The van der Waals surface area contributed by atoms with Crippen molar-refractivity contribution < 1.29 is 17.9 Å². The molecule has 0 spiro atoms. The quantitative estimate of drug-likeness (QED) is 0.420. The second kappa shape index (κ2) is 8.14. The fourth-order valence-corrected chi connectivity index (χ4v) is 3.20. The van der Waals surface area contributed by atoms with Gasteiger partial charge in [-0.1, -0.05) is 17.7 Å². The van der Waals surface area contributed by atoms with Crippen LogP contribution in [0.2, 0.25) is 5.02 Å². The molecule has 148 valence electrons. The Balaban J connectivity index is 1.63. The summed E-state index contributed by atoms with van der Waals surface area (Å²) in [6.07, 6.45) is 4.06. The summed E-state index contributed by atoms with van der Waals surface area (Å²) in [5, 5.41) is 1.15. The van der Waals surface area contributed by atoms with Gasteiger partial charge in [-0.25, -0.2) is 18.6 Å². The fraction of sp³-hybridized carbons (Fsp3) is 0.143. The van der Waals surface area contributed by atoms with Crippen molar-refractivity contribution in [2.75, 3.05) is 0 Å². The third-order valence-corrected chi connectivity index (χ3v) is 4.69. The summed E-state index contributed by atoms with van der Waals surface area (Å²) in [5.41, 5.74) is 0.287. The van der Waals surface area contributed by atoms with Gasteiger partial charge in [-0.05, 0) is 30.3 Å². The molecule has 0 fully saturated rings. The number of ether oxygens (including phenoxy) is 1. The van der Waals surface area contributed by atoms with Crippen LogP contribution in [0.5, 0.6) is 0 Å². The molecule has 29 heavy (non-hydrogen) atoms. The molecule has 2 aromatic heterocycles. The molecule has 4 rings (SSSR count). The van der Waals surface area contributed by atoms with Crippen molar-refractivity contribution in [1.82, 2.24) is 9.55 Å². The van der Waals surface area contributed by atoms with Gasteiger partial charge in [0.1, 0.15) is 23.3 Å². The van der Waals surface area contributed by atoms with Crippen LogP contribution in [0.1, 0.15) is 17.2 Å². The van der Waals surface area contributed by atoms with E-state index in [9.17, 15) is 13.6 Å². The van der Waals surface area contributed by atoms with Crippen LogP contribution in [-0.2, 0) is 17.9 Å². The lowest BCUT2D eigenvalue weighted by atomic mass is 10.1. The summed E-state index contributed by atoms with van der Waals surface area (Å²) >= 11 is 6.00. The number of halogens is 3. The molecule has 0 amide bonds. The maximum atomic E-state index is 14.3. The van der Waals surface area contributed by atoms with Crippen LogP contribution in [0.15, 0.2) is 70.4 Å². The summed E-state index contributed by atoms with van der Waals surface area (Å²) in [6.45, 7) is 0.105. The molecular weight excluding hydrogens is 402 g/mol. The van der Waals surface area contributed by atoms with E-state index < -0.39 is 23.4 Å². The predicted octanol–water partition coefficient (Wildman–Crippen LogP) is 4.88. The number of nitrogens with zero attached hydrogens (tertiary/aromatic N) is 2. The van der Waals surface area contributed by atoms with Gasteiger partial charge in [0, 0.05) is 34.4 Å². The van der Waals surface area contributed by atoms with Crippen molar-refractivity contribution in [3.63, 3.8) is 0 Å². The van der Waals surface area contributed by atoms with Crippen LogP contribution in [0, 0.1) is 11.6 Å². The molecule has 1 unspecified atom stereocenters. The molecule has 0 radical (unpaired) electrons. The molecule has 1 atom stereocenters. The first-order valence-corrected chi connectivity index (χ1v) is 9.12. The highest BCUT2D eigenvalue weighted by Crippen LogP contribution is 2.25. The van der Waals surface area contributed by atoms with Crippen LogP contribution in [0.4, 0.5) is 8.78 Å². The third-order valence-electron chi connectivity index (χ3n) is 4.45. The second-order valence-electron chi connectivity index (χ2n) is 6.47. The topological polar surface area (TPSA) is 57.3 Å². The van der Waals surface area contributed by atoms with Gasteiger partial charge in [-0.15, -0.1) is 0 Å². The Morgan fingerprint density at radius 1 is 1.17 bits per heavy atom. The predicted molar refractivity (Wildman–Crippen MR) is 104 cm³/mol. The number of hydrogen-bond acceptors (Lipinski definition) is 4. The number of imidazole rings is 1. The van der Waals surface area contributed by atoms with Crippen molar-refractivity contribution in [1.29, 1.82) is 0 Å². The van der Waals surface area contributed by atoms with E-state index in [1.165, 1.54) is 6.07 Å². The van der Waals surface area contributed by atoms with E-state index >= 15 is 0 Å². The molecule has 5 nitrogen and oxygen atoms in total. The highest BCUT2D eigenvalue weighted by Gasteiger charge is 2.19. The highest BCUT2D eigenvalue weighted by molar-refractivity contribution is 6.31. The van der Waals surface area contributed by atoms with Crippen molar-refractivity contribution in [3.8, 4) is 0 Å². The van der Waals surface area contributed by atoms with Gasteiger partial charge in [0.25, 0.3) is 0 Å². The molecule has 2 aromatic carbocycles. The van der Waals surface area contributed by atoms with Crippen molar-refractivity contribution in [2.24, 2.45) is 0 Å². The molecule has 2 heterocycles. The number of benzene rings is 2. The first-order valence-electron chi connectivity index (χ1n) is 8.74. The Morgan fingerprint density at radius 3 is 2.79 bits per heavy atom. The Kier molecular flexibility index (Phi) is 5.42. The average Bonchev–Trinajstić information content (AvgIpc) is 3.19. The largest absolute Gasteiger partial charge is 0.422 e. The maximum Gasteiger partial charge on any atom is 0.341 e. The number of aromatic nitrogens is 2. The molecule has 0 aliphatic heterocycles. The molecule has 0 bridgehead atoms. The Morgan fingerprint density at radius 2 is 2.03 bits per heavy atom. The Labute approximate surface area is 169 Å². The van der Waals surface area contributed by atoms with Crippen molar-refractivity contribution in [3.05, 3.63) is 99.4 Å². The van der Waals surface area contributed by atoms with Gasteiger partial charge in [0.15, 0.2) is 0 Å². The van der Waals surface area contributed by atoms with E-state index in [2.05, 4.69) is 4.98 Å². The van der Waals surface area contributed by atoms with E-state index in [4.69, 9.17) is 20.8 Å². The highest BCUT2D eigenvalue weighted by atomic mass is 35.5. The first-order chi connectivity index (χ1) is 14.0. The lowest BCUT2D eigenvalue weighted by Crippen LogP contribution is -2.16. The molecule has 0 saturated carbocycles. The van der Waals surface area contributed by atoms with Gasteiger partial charge < -0.3 is 13.7 Å². The van der Waals surface area contributed by atoms with E-state index in [1.54, 1.807) is 47.6 Å². The zero-order valence-corrected chi connectivity index (χ0v) is 15.8. The van der Waals surface area contributed by atoms with E-state index in [0.29, 0.717) is 16.0 Å². The van der Waals surface area contributed by atoms with Gasteiger partial charge in [0.05, 0.1) is 25.0 Å². The number of rotatable bonds is 6. The van der Waals surface area contributed by atoms with Crippen LogP contribution < -0.4 is 5.63 Å². The molecule has 0 aliphatic carbocycles. The lowest BCUT2D eigenvalue weighted by molar-refractivity contribution is 0.0244. The zero-order valence-electron chi connectivity index (χ0n) is 15.0. The molecule has 4 aromatic rings. The normalized spacial score (nSPS) is 12.4. The molecule has 0 N–H and O–H groups in total. The van der Waals surface area contributed by atoms with Gasteiger partial charge in [0.2, 0.25) is 0 Å². The summed E-state index contributed by atoms with van der Waals surface area (Å²) in [7, 11) is 0. The van der Waals surface area contributed by atoms with Crippen LogP contribution >= 0.6 is 11.6 Å². The first kappa shape index (κ1) is 19.3. The maximum absolute atomic E-state index is 14.3. The third kappa shape index (κ3) is 4.36. The van der Waals surface area contributed by atoms with Crippen molar-refractivity contribution in [2.45, 2.75) is 19.3 Å². The SMILES string of the molecule is O=c1oc2ccc(Cl)cc2cc1COC(Cn1ccnc1)c1ccc(F)cc1F. The molecule has 0 saturated heterocycles. The summed E-state index contributed by atoms with van der Waals surface area (Å²) in [6, 6.07) is 9.82. The standard InChI is InChI=1S/C21H15ClF2N2O3/c22-15-1-4-19-13(8-15)7-14(21(27)29-19)11-28-20(10-26-6-5-25-12-26)17-3-2-16(23)9-18(17)24/h1-9,12,20H,10-11H2. The number of fused-ring (bicyclic) bond motifs is 1. The molecule has 8 heteroatoms. The molecular formula is C21H15ClF2N2O3.